The number of ether oxygens (including phenoxy) is 1. The summed E-state index contributed by atoms with van der Waals surface area (Å²) in [7, 11) is 0. The van der Waals surface area contributed by atoms with E-state index < -0.39 is 0 Å². The summed E-state index contributed by atoms with van der Waals surface area (Å²) in [4.78, 5) is 16.7. The Bertz CT molecular complexity index is 580. The van der Waals surface area contributed by atoms with Crippen molar-refractivity contribution >= 4 is 33.0 Å². The number of rotatable bonds is 4. The lowest BCUT2D eigenvalue weighted by atomic mass is 10.1. The molecule has 0 unspecified atom stereocenters. The Morgan fingerprint density at radius 1 is 1.50 bits per heavy atom. The van der Waals surface area contributed by atoms with Gasteiger partial charge in [0.05, 0.1) is 15.4 Å². The van der Waals surface area contributed by atoms with Crippen molar-refractivity contribution in [1.82, 2.24) is 4.98 Å². The fourth-order valence-corrected chi connectivity index (χ4v) is 2.58. The maximum atomic E-state index is 11.5. The van der Waals surface area contributed by atoms with Crippen LogP contribution in [0.2, 0.25) is 0 Å². The van der Waals surface area contributed by atoms with Crippen LogP contribution in [0.25, 0.3) is 0 Å². The molecule has 0 amide bonds. The summed E-state index contributed by atoms with van der Waals surface area (Å²) in [6.07, 6.45) is 1.80. The number of benzene rings is 1. The minimum absolute atomic E-state index is 0.00187. The van der Waals surface area contributed by atoms with Crippen molar-refractivity contribution in [3.63, 3.8) is 0 Å². The van der Waals surface area contributed by atoms with Crippen LogP contribution >= 0.6 is 27.3 Å². The zero-order chi connectivity index (χ0) is 13.1. The van der Waals surface area contributed by atoms with Crippen LogP contribution in [-0.4, -0.2) is 10.8 Å². The van der Waals surface area contributed by atoms with Crippen LogP contribution < -0.4 is 4.74 Å². The smallest absolute Gasteiger partial charge is 0.163 e. The number of nitrogens with zero attached hydrogens (tertiary/aromatic N) is 1. The number of hydrogen-bond donors (Lipinski definition) is 0. The van der Waals surface area contributed by atoms with E-state index in [0.29, 0.717) is 17.9 Å². The summed E-state index contributed by atoms with van der Waals surface area (Å²) >= 11 is 4.97. The van der Waals surface area contributed by atoms with Crippen LogP contribution in [0, 0.1) is 6.92 Å². The van der Waals surface area contributed by atoms with Gasteiger partial charge in [-0.3, -0.25) is 4.79 Å². The molecule has 1 heterocycles. The molecule has 0 saturated carbocycles. The molecule has 5 heteroatoms. The van der Waals surface area contributed by atoms with Gasteiger partial charge >= 0.3 is 0 Å². The minimum atomic E-state index is -0.00187. The van der Waals surface area contributed by atoms with Crippen molar-refractivity contribution in [3.8, 4) is 5.75 Å². The van der Waals surface area contributed by atoms with Gasteiger partial charge in [0.2, 0.25) is 0 Å². The van der Waals surface area contributed by atoms with Crippen molar-refractivity contribution in [2.75, 3.05) is 0 Å². The summed E-state index contributed by atoms with van der Waals surface area (Å²) in [6, 6.07) is 5.41. The van der Waals surface area contributed by atoms with Gasteiger partial charge in [0.15, 0.2) is 5.78 Å². The molecular weight excluding hydrogens is 314 g/mol. The Balaban J connectivity index is 2.17. The second kappa shape index (κ2) is 5.63. The van der Waals surface area contributed by atoms with E-state index in [1.807, 2.05) is 19.1 Å². The summed E-state index contributed by atoms with van der Waals surface area (Å²) < 4.78 is 6.59. The van der Waals surface area contributed by atoms with Crippen molar-refractivity contribution in [3.05, 3.63) is 44.3 Å². The molecule has 0 atom stereocenters. The molecule has 0 aliphatic carbocycles. The minimum Gasteiger partial charge on any atom is -0.487 e. The summed E-state index contributed by atoms with van der Waals surface area (Å²) in [5.41, 5.74) is 0.597. The van der Waals surface area contributed by atoms with E-state index in [9.17, 15) is 4.79 Å². The number of carbonyl (C=O) groups is 1. The number of Topliss-reactive ketones (excluding diaryl/α,β-unsaturated/α-hetero) is 1. The van der Waals surface area contributed by atoms with Gasteiger partial charge in [-0.25, -0.2) is 4.98 Å². The van der Waals surface area contributed by atoms with Crippen molar-refractivity contribution < 1.29 is 9.53 Å². The quantitative estimate of drug-likeness (QED) is 0.798. The first-order valence-corrected chi connectivity index (χ1v) is 7.02. The van der Waals surface area contributed by atoms with E-state index in [-0.39, 0.29) is 5.78 Å². The molecule has 18 heavy (non-hydrogen) atoms. The molecule has 0 saturated heterocycles. The highest BCUT2D eigenvalue weighted by Gasteiger charge is 2.09. The maximum Gasteiger partial charge on any atom is 0.163 e. The monoisotopic (exact) mass is 325 g/mol. The molecule has 1 aromatic heterocycles. The van der Waals surface area contributed by atoms with Gasteiger partial charge in [0.1, 0.15) is 12.4 Å². The van der Waals surface area contributed by atoms with E-state index in [1.54, 1.807) is 23.6 Å². The van der Waals surface area contributed by atoms with Crippen LogP contribution in [0.5, 0.6) is 5.75 Å². The topological polar surface area (TPSA) is 39.2 Å². The number of ketones is 1. The zero-order valence-corrected chi connectivity index (χ0v) is 12.5. The molecule has 0 fully saturated rings. The van der Waals surface area contributed by atoms with Crippen molar-refractivity contribution in [2.45, 2.75) is 20.5 Å². The third-order valence-electron chi connectivity index (χ3n) is 2.36. The van der Waals surface area contributed by atoms with E-state index in [0.717, 1.165) is 14.4 Å². The van der Waals surface area contributed by atoms with E-state index in [4.69, 9.17) is 4.74 Å². The Kier molecular flexibility index (Phi) is 4.14. The Morgan fingerprint density at radius 3 is 2.89 bits per heavy atom. The molecule has 0 N–H and O–H groups in total. The van der Waals surface area contributed by atoms with Crippen LogP contribution in [0.4, 0.5) is 0 Å². The largest absolute Gasteiger partial charge is 0.487 e. The number of thiazole rings is 1. The normalized spacial score (nSPS) is 10.4. The first-order chi connectivity index (χ1) is 8.56. The fourth-order valence-electron chi connectivity index (χ4n) is 1.53. The third kappa shape index (κ3) is 3.17. The van der Waals surface area contributed by atoms with Gasteiger partial charge in [0, 0.05) is 10.7 Å². The van der Waals surface area contributed by atoms with E-state index in [2.05, 4.69) is 20.9 Å². The Labute approximate surface area is 118 Å². The molecule has 0 bridgehead atoms. The van der Waals surface area contributed by atoms with Gasteiger partial charge in [-0.15, -0.1) is 11.3 Å². The molecule has 1 aromatic carbocycles. The lowest BCUT2D eigenvalue weighted by Crippen LogP contribution is -2.00. The average molecular weight is 326 g/mol. The van der Waals surface area contributed by atoms with Crippen LogP contribution in [-0.2, 0) is 6.61 Å². The molecule has 2 rings (SSSR count). The van der Waals surface area contributed by atoms with Crippen LogP contribution in [0.3, 0.4) is 0 Å². The predicted molar refractivity (Wildman–Crippen MR) is 75.3 cm³/mol. The van der Waals surface area contributed by atoms with Gasteiger partial charge in [-0.2, -0.15) is 0 Å². The standard InChI is InChI=1S/C13H12BrNO2S/c1-8(16)12-4-3-10(14)5-13(12)17-7-11-6-15-9(2)18-11/h3-6H,7H2,1-2H3. The molecule has 94 valence electrons. The van der Waals surface area contributed by atoms with Gasteiger partial charge in [-0.1, -0.05) is 15.9 Å². The molecule has 0 radical (unpaired) electrons. The highest BCUT2D eigenvalue weighted by molar-refractivity contribution is 9.10. The van der Waals surface area contributed by atoms with E-state index in [1.165, 1.54) is 6.92 Å². The molecule has 0 aliphatic heterocycles. The summed E-state index contributed by atoms with van der Waals surface area (Å²) in [6.45, 7) is 3.92. The summed E-state index contributed by atoms with van der Waals surface area (Å²) in [5, 5.41) is 1.01. The first-order valence-electron chi connectivity index (χ1n) is 5.41. The molecular formula is C13H12BrNO2S. The second-order valence-electron chi connectivity index (χ2n) is 3.83. The predicted octanol–water partition coefficient (Wildman–Crippen LogP) is 4.00. The first kappa shape index (κ1) is 13.2. The maximum absolute atomic E-state index is 11.5. The number of aryl methyl sites for hydroxylation is 1. The average Bonchev–Trinajstić information content (AvgIpc) is 2.72. The highest BCUT2D eigenvalue weighted by Crippen LogP contribution is 2.25. The number of halogens is 1. The van der Waals surface area contributed by atoms with Crippen molar-refractivity contribution in [1.29, 1.82) is 0 Å². The summed E-state index contributed by atoms with van der Waals surface area (Å²) in [5.74, 6) is 0.598. The van der Waals surface area contributed by atoms with Crippen LogP contribution in [0.15, 0.2) is 28.9 Å². The Hall–Kier alpha value is -1.20. The number of carbonyl (C=O) groups excluding carboxylic acids is 1. The zero-order valence-electron chi connectivity index (χ0n) is 10.1. The molecule has 3 nitrogen and oxygen atoms in total. The highest BCUT2D eigenvalue weighted by atomic mass is 79.9. The molecule has 0 aliphatic rings. The second-order valence-corrected chi connectivity index (χ2v) is 6.07. The fraction of sp³-hybridized carbons (Fsp3) is 0.231. The third-order valence-corrected chi connectivity index (χ3v) is 3.74. The van der Waals surface area contributed by atoms with Gasteiger partial charge in [-0.05, 0) is 32.0 Å². The lowest BCUT2D eigenvalue weighted by Gasteiger charge is -2.09. The van der Waals surface area contributed by atoms with Gasteiger partial charge in [0.25, 0.3) is 0 Å². The van der Waals surface area contributed by atoms with E-state index >= 15 is 0 Å². The van der Waals surface area contributed by atoms with Crippen molar-refractivity contribution in [2.24, 2.45) is 0 Å². The van der Waals surface area contributed by atoms with Crippen LogP contribution in [0.1, 0.15) is 27.2 Å². The number of aromatic nitrogens is 1. The SMILES string of the molecule is CC(=O)c1ccc(Br)cc1OCc1cnc(C)s1. The Morgan fingerprint density at radius 2 is 2.28 bits per heavy atom. The molecule has 0 spiro atoms. The number of hydrogen-bond acceptors (Lipinski definition) is 4. The van der Waals surface area contributed by atoms with Gasteiger partial charge < -0.3 is 4.74 Å². The molecule has 2 aromatic rings. The lowest BCUT2D eigenvalue weighted by molar-refractivity contribution is 0.101.